The van der Waals surface area contributed by atoms with Crippen molar-refractivity contribution in [2.45, 2.75) is 26.2 Å². The van der Waals surface area contributed by atoms with Gasteiger partial charge in [0.05, 0.1) is 0 Å². The van der Waals surface area contributed by atoms with Gasteiger partial charge in [0.25, 0.3) is 5.91 Å². The highest BCUT2D eigenvalue weighted by molar-refractivity contribution is 14.0. The highest BCUT2D eigenvalue weighted by atomic mass is 127. The molecule has 1 aliphatic heterocycles. The summed E-state index contributed by atoms with van der Waals surface area (Å²) in [6.45, 7) is 5.88. The average molecular weight is 523 g/mol. The van der Waals surface area contributed by atoms with Crippen molar-refractivity contribution in [2.75, 3.05) is 33.2 Å². The summed E-state index contributed by atoms with van der Waals surface area (Å²) in [4.78, 5) is 18.7. The predicted octanol–water partition coefficient (Wildman–Crippen LogP) is 3.49. The number of guanidine groups is 1. The Hall–Kier alpha value is -0.830. The molecule has 0 aromatic heterocycles. The van der Waals surface area contributed by atoms with E-state index in [4.69, 9.17) is 0 Å². The Labute approximate surface area is 176 Å². The third kappa shape index (κ3) is 7.52. The van der Waals surface area contributed by atoms with Gasteiger partial charge in [-0.1, -0.05) is 22.9 Å². The molecule has 0 saturated carbocycles. The average Bonchev–Trinajstić information content (AvgIpc) is 2.58. The lowest BCUT2D eigenvalue weighted by molar-refractivity contribution is 0.0953. The number of hydrogen-bond donors (Lipinski definition) is 2. The first-order valence-electron chi connectivity index (χ1n) is 8.59. The maximum atomic E-state index is 12.0. The van der Waals surface area contributed by atoms with Crippen LogP contribution in [0.4, 0.5) is 0 Å². The van der Waals surface area contributed by atoms with Crippen molar-refractivity contribution in [2.24, 2.45) is 10.9 Å². The van der Waals surface area contributed by atoms with Crippen LogP contribution in [0.15, 0.2) is 33.7 Å². The number of hydrogen-bond acceptors (Lipinski definition) is 2. The summed E-state index contributed by atoms with van der Waals surface area (Å²) >= 11 is 3.37. The molecular weight excluding hydrogens is 495 g/mol. The standard InChI is InChI=1S/C18H27BrN4O.HI/c1-14-5-3-12-23(13-14)18(20-2)22-11-4-10-21-17(24)15-6-8-16(19)9-7-15;/h6-9,14H,3-5,10-13H2,1-2H3,(H,20,22)(H,21,24);1H. The number of benzene rings is 1. The van der Waals surface area contributed by atoms with Crippen molar-refractivity contribution in [3.63, 3.8) is 0 Å². The van der Waals surface area contributed by atoms with Crippen LogP contribution in [0, 0.1) is 5.92 Å². The summed E-state index contributed by atoms with van der Waals surface area (Å²) in [6.07, 6.45) is 3.39. The molecule has 25 heavy (non-hydrogen) atoms. The Morgan fingerprint density at radius 3 is 2.60 bits per heavy atom. The van der Waals surface area contributed by atoms with E-state index in [0.717, 1.165) is 42.4 Å². The minimum absolute atomic E-state index is 0. The van der Waals surface area contributed by atoms with Gasteiger partial charge in [-0.05, 0) is 49.4 Å². The van der Waals surface area contributed by atoms with Crippen LogP contribution in [-0.4, -0.2) is 50.0 Å². The second kappa shape index (κ2) is 11.7. The molecule has 1 saturated heterocycles. The Kier molecular flexibility index (Phi) is 10.4. The van der Waals surface area contributed by atoms with Gasteiger partial charge in [-0.25, -0.2) is 0 Å². The zero-order valence-electron chi connectivity index (χ0n) is 14.9. The van der Waals surface area contributed by atoms with Crippen molar-refractivity contribution in [3.05, 3.63) is 34.3 Å². The minimum atomic E-state index is -0.0308. The van der Waals surface area contributed by atoms with E-state index in [1.165, 1.54) is 12.8 Å². The maximum Gasteiger partial charge on any atom is 0.251 e. The lowest BCUT2D eigenvalue weighted by atomic mass is 10.0. The lowest BCUT2D eigenvalue weighted by Crippen LogP contribution is -2.46. The lowest BCUT2D eigenvalue weighted by Gasteiger charge is -2.33. The molecule has 0 bridgehead atoms. The van der Waals surface area contributed by atoms with E-state index in [9.17, 15) is 4.79 Å². The summed E-state index contributed by atoms with van der Waals surface area (Å²) in [7, 11) is 1.83. The Balaban J connectivity index is 0.00000312. The fourth-order valence-electron chi connectivity index (χ4n) is 2.91. The van der Waals surface area contributed by atoms with E-state index in [1.807, 2.05) is 31.3 Å². The molecule has 1 aliphatic rings. The number of nitrogens with one attached hydrogen (secondary N) is 2. The third-order valence-electron chi connectivity index (χ3n) is 4.20. The minimum Gasteiger partial charge on any atom is -0.356 e. The highest BCUT2D eigenvalue weighted by Gasteiger charge is 2.18. The molecule has 140 valence electrons. The molecule has 1 aromatic carbocycles. The van der Waals surface area contributed by atoms with Gasteiger partial charge in [0.15, 0.2) is 5.96 Å². The monoisotopic (exact) mass is 522 g/mol. The number of carbonyl (C=O) groups excluding carboxylic acids is 1. The predicted molar refractivity (Wildman–Crippen MR) is 118 cm³/mol. The molecule has 1 unspecified atom stereocenters. The fourth-order valence-corrected chi connectivity index (χ4v) is 3.17. The smallest absolute Gasteiger partial charge is 0.251 e. The number of piperidine rings is 1. The number of likely N-dealkylation sites (tertiary alicyclic amines) is 1. The second-order valence-electron chi connectivity index (χ2n) is 6.28. The largest absolute Gasteiger partial charge is 0.356 e. The zero-order chi connectivity index (χ0) is 17.4. The molecule has 1 amide bonds. The van der Waals surface area contributed by atoms with Crippen LogP contribution in [0.25, 0.3) is 0 Å². The van der Waals surface area contributed by atoms with Gasteiger partial charge in [0, 0.05) is 43.3 Å². The van der Waals surface area contributed by atoms with Crippen molar-refractivity contribution in [1.29, 1.82) is 0 Å². The van der Waals surface area contributed by atoms with Crippen molar-refractivity contribution in [1.82, 2.24) is 15.5 Å². The van der Waals surface area contributed by atoms with Crippen molar-refractivity contribution < 1.29 is 4.79 Å². The van der Waals surface area contributed by atoms with Gasteiger partial charge in [-0.2, -0.15) is 0 Å². The van der Waals surface area contributed by atoms with Crippen LogP contribution < -0.4 is 10.6 Å². The van der Waals surface area contributed by atoms with Crippen LogP contribution >= 0.6 is 39.9 Å². The number of rotatable bonds is 5. The molecule has 2 rings (SSSR count). The first kappa shape index (κ1) is 22.2. The van der Waals surface area contributed by atoms with Crippen molar-refractivity contribution >= 4 is 51.8 Å². The Bertz CT molecular complexity index is 565. The van der Waals surface area contributed by atoms with E-state index in [1.54, 1.807) is 0 Å². The molecule has 7 heteroatoms. The first-order chi connectivity index (χ1) is 11.6. The van der Waals surface area contributed by atoms with Crippen LogP contribution in [0.3, 0.4) is 0 Å². The van der Waals surface area contributed by atoms with Crippen molar-refractivity contribution in [3.8, 4) is 0 Å². The summed E-state index contributed by atoms with van der Waals surface area (Å²) in [5, 5.41) is 6.35. The molecule has 1 aromatic rings. The van der Waals surface area contributed by atoms with Crippen LogP contribution in [-0.2, 0) is 0 Å². The Morgan fingerprint density at radius 1 is 1.28 bits per heavy atom. The molecule has 1 heterocycles. The molecule has 2 N–H and O–H groups in total. The zero-order valence-corrected chi connectivity index (χ0v) is 18.8. The molecular formula is C18H28BrIN4O. The molecule has 0 spiro atoms. The number of amides is 1. The number of aliphatic imine (C=N–C) groups is 1. The number of carbonyl (C=O) groups is 1. The third-order valence-corrected chi connectivity index (χ3v) is 4.73. The second-order valence-corrected chi connectivity index (χ2v) is 7.20. The number of nitrogens with zero attached hydrogens (tertiary/aromatic N) is 2. The topological polar surface area (TPSA) is 56.7 Å². The van der Waals surface area contributed by atoms with Gasteiger partial charge in [0.2, 0.25) is 0 Å². The van der Waals surface area contributed by atoms with E-state index in [2.05, 4.69) is 43.4 Å². The van der Waals surface area contributed by atoms with E-state index in [0.29, 0.717) is 12.1 Å². The molecule has 1 atom stereocenters. The van der Waals surface area contributed by atoms with Gasteiger partial charge in [0.1, 0.15) is 0 Å². The van der Waals surface area contributed by atoms with Gasteiger partial charge in [-0.15, -0.1) is 24.0 Å². The summed E-state index contributed by atoms with van der Waals surface area (Å²) in [6, 6.07) is 7.38. The SMILES string of the molecule is CN=C(NCCCNC(=O)c1ccc(Br)cc1)N1CCCC(C)C1.I. The molecule has 0 radical (unpaired) electrons. The van der Waals surface area contributed by atoms with E-state index in [-0.39, 0.29) is 29.9 Å². The Morgan fingerprint density at radius 2 is 1.96 bits per heavy atom. The summed E-state index contributed by atoms with van der Waals surface area (Å²) in [5.41, 5.74) is 0.685. The van der Waals surface area contributed by atoms with E-state index >= 15 is 0 Å². The molecule has 0 aliphatic carbocycles. The summed E-state index contributed by atoms with van der Waals surface area (Å²) in [5.74, 6) is 1.67. The maximum absolute atomic E-state index is 12.0. The first-order valence-corrected chi connectivity index (χ1v) is 9.39. The van der Waals surface area contributed by atoms with Crippen LogP contribution in [0.1, 0.15) is 36.5 Å². The molecule has 1 fully saturated rings. The van der Waals surface area contributed by atoms with Gasteiger partial charge in [-0.3, -0.25) is 9.79 Å². The van der Waals surface area contributed by atoms with Crippen LogP contribution in [0.2, 0.25) is 0 Å². The van der Waals surface area contributed by atoms with Crippen LogP contribution in [0.5, 0.6) is 0 Å². The molecule has 5 nitrogen and oxygen atoms in total. The summed E-state index contributed by atoms with van der Waals surface area (Å²) < 4.78 is 0.974. The quantitative estimate of drug-likeness (QED) is 0.269. The van der Waals surface area contributed by atoms with Gasteiger partial charge >= 0.3 is 0 Å². The fraction of sp³-hybridized carbons (Fsp3) is 0.556. The van der Waals surface area contributed by atoms with Gasteiger partial charge < -0.3 is 15.5 Å². The normalized spacial score (nSPS) is 17.6. The number of halogens is 2. The van der Waals surface area contributed by atoms with E-state index < -0.39 is 0 Å². The highest BCUT2D eigenvalue weighted by Crippen LogP contribution is 2.15.